The summed E-state index contributed by atoms with van der Waals surface area (Å²) in [5, 5.41) is 13.0. The number of aliphatic hydroxyl groups is 1. The number of likely N-dealkylation sites (N-methyl/N-ethyl adjacent to an activating group) is 1. The van der Waals surface area contributed by atoms with Crippen molar-refractivity contribution >= 4 is 0 Å². The first-order valence-electron chi connectivity index (χ1n) is 5.81. The monoisotopic (exact) mass is 216 g/mol. The van der Waals surface area contributed by atoms with Gasteiger partial charge in [-0.2, -0.15) is 0 Å². The topological polar surface area (TPSA) is 44.7 Å². The van der Waals surface area contributed by atoms with Crippen LogP contribution in [0, 0.1) is 0 Å². The van der Waals surface area contributed by atoms with Gasteiger partial charge in [-0.15, -0.1) is 0 Å². The molecule has 2 N–H and O–H groups in total. The SMILES string of the molecule is COCCCN(C)CC(O)CNC1CC1. The second kappa shape index (κ2) is 7.17. The van der Waals surface area contributed by atoms with Crippen molar-refractivity contribution in [3.8, 4) is 0 Å². The zero-order chi connectivity index (χ0) is 11.1. The molecule has 0 saturated heterocycles. The van der Waals surface area contributed by atoms with E-state index in [4.69, 9.17) is 4.74 Å². The highest BCUT2D eigenvalue weighted by Crippen LogP contribution is 2.18. The smallest absolute Gasteiger partial charge is 0.0791 e. The van der Waals surface area contributed by atoms with Crippen molar-refractivity contribution < 1.29 is 9.84 Å². The molecule has 0 aromatic carbocycles. The molecule has 1 aliphatic carbocycles. The Labute approximate surface area is 92.6 Å². The highest BCUT2D eigenvalue weighted by Gasteiger charge is 2.21. The average Bonchev–Trinajstić information content (AvgIpc) is 2.98. The Hall–Kier alpha value is -0.160. The van der Waals surface area contributed by atoms with Gasteiger partial charge < -0.3 is 20.1 Å². The quantitative estimate of drug-likeness (QED) is 0.535. The van der Waals surface area contributed by atoms with Crippen LogP contribution in [0.3, 0.4) is 0 Å². The molecule has 0 radical (unpaired) electrons. The second-order valence-electron chi connectivity index (χ2n) is 4.44. The molecule has 1 atom stereocenters. The van der Waals surface area contributed by atoms with Gasteiger partial charge >= 0.3 is 0 Å². The van der Waals surface area contributed by atoms with E-state index in [0.717, 1.165) is 32.7 Å². The Morgan fingerprint density at radius 2 is 2.27 bits per heavy atom. The number of nitrogens with one attached hydrogen (secondary N) is 1. The molecule has 4 heteroatoms. The van der Waals surface area contributed by atoms with Crippen LogP contribution in [0.4, 0.5) is 0 Å². The van der Waals surface area contributed by atoms with Crippen LogP contribution in [0.15, 0.2) is 0 Å². The van der Waals surface area contributed by atoms with E-state index in [1.54, 1.807) is 7.11 Å². The van der Waals surface area contributed by atoms with Crippen molar-refractivity contribution in [3.05, 3.63) is 0 Å². The molecule has 0 bridgehead atoms. The van der Waals surface area contributed by atoms with Crippen LogP contribution >= 0.6 is 0 Å². The van der Waals surface area contributed by atoms with Gasteiger partial charge in [0.15, 0.2) is 0 Å². The molecular weight excluding hydrogens is 192 g/mol. The lowest BCUT2D eigenvalue weighted by molar-refractivity contribution is 0.115. The molecule has 1 aliphatic rings. The molecule has 15 heavy (non-hydrogen) atoms. The molecule has 0 heterocycles. The number of aliphatic hydroxyl groups excluding tert-OH is 1. The molecule has 0 aromatic rings. The van der Waals surface area contributed by atoms with Gasteiger partial charge in [-0.1, -0.05) is 0 Å². The maximum atomic E-state index is 9.72. The Balaban J connectivity index is 1.94. The van der Waals surface area contributed by atoms with Crippen LogP contribution < -0.4 is 5.32 Å². The van der Waals surface area contributed by atoms with Gasteiger partial charge in [0, 0.05) is 39.4 Å². The van der Waals surface area contributed by atoms with E-state index in [9.17, 15) is 5.11 Å². The number of nitrogens with zero attached hydrogens (tertiary/aromatic N) is 1. The molecule has 4 nitrogen and oxygen atoms in total. The summed E-state index contributed by atoms with van der Waals surface area (Å²) < 4.78 is 4.98. The largest absolute Gasteiger partial charge is 0.390 e. The summed E-state index contributed by atoms with van der Waals surface area (Å²) in [5.41, 5.74) is 0. The van der Waals surface area contributed by atoms with E-state index in [1.807, 2.05) is 7.05 Å². The van der Waals surface area contributed by atoms with Crippen molar-refractivity contribution in [2.24, 2.45) is 0 Å². The number of hydrogen-bond acceptors (Lipinski definition) is 4. The minimum Gasteiger partial charge on any atom is -0.390 e. The van der Waals surface area contributed by atoms with E-state index in [0.29, 0.717) is 6.04 Å². The van der Waals surface area contributed by atoms with E-state index in [-0.39, 0.29) is 6.10 Å². The van der Waals surface area contributed by atoms with E-state index in [1.165, 1.54) is 12.8 Å². The summed E-state index contributed by atoms with van der Waals surface area (Å²) in [6, 6.07) is 0.679. The zero-order valence-electron chi connectivity index (χ0n) is 9.91. The maximum absolute atomic E-state index is 9.72. The summed E-state index contributed by atoms with van der Waals surface area (Å²) >= 11 is 0. The molecule has 1 rings (SSSR count). The lowest BCUT2D eigenvalue weighted by Gasteiger charge is -2.20. The summed E-state index contributed by atoms with van der Waals surface area (Å²) in [4.78, 5) is 2.15. The predicted molar refractivity (Wildman–Crippen MR) is 61.0 cm³/mol. The maximum Gasteiger partial charge on any atom is 0.0791 e. The van der Waals surface area contributed by atoms with Crippen LogP contribution in [0.25, 0.3) is 0 Å². The highest BCUT2D eigenvalue weighted by atomic mass is 16.5. The van der Waals surface area contributed by atoms with Crippen LogP contribution in [-0.2, 0) is 4.74 Å². The third-order valence-electron chi connectivity index (χ3n) is 2.63. The summed E-state index contributed by atoms with van der Waals surface area (Å²) in [5.74, 6) is 0. The summed E-state index contributed by atoms with van der Waals surface area (Å²) in [6.07, 6.45) is 3.32. The van der Waals surface area contributed by atoms with Gasteiger partial charge in [0.2, 0.25) is 0 Å². The molecule has 1 saturated carbocycles. The number of rotatable bonds is 9. The van der Waals surface area contributed by atoms with Crippen LogP contribution in [0.2, 0.25) is 0 Å². The van der Waals surface area contributed by atoms with Crippen molar-refractivity contribution in [1.29, 1.82) is 0 Å². The highest BCUT2D eigenvalue weighted by molar-refractivity contribution is 4.82. The lowest BCUT2D eigenvalue weighted by Crippen LogP contribution is -2.37. The van der Waals surface area contributed by atoms with E-state index >= 15 is 0 Å². The fourth-order valence-corrected chi connectivity index (χ4v) is 1.58. The normalized spacial score (nSPS) is 18.4. The van der Waals surface area contributed by atoms with Gasteiger partial charge in [-0.25, -0.2) is 0 Å². The molecule has 1 unspecified atom stereocenters. The number of methoxy groups -OCH3 is 1. The van der Waals surface area contributed by atoms with Crippen molar-refractivity contribution in [2.45, 2.75) is 31.4 Å². The first kappa shape index (κ1) is 12.9. The molecule has 0 aliphatic heterocycles. The molecule has 90 valence electrons. The van der Waals surface area contributed by atoms with Crippen molar-refractivity contribution in [1.82, 2.24) is 10.2 Å². The average molecular weight is 216 g/mol. The molecule has 1 fully saturated rings. The van der Waals surface area contributed by atoms with E-state index < -0.39 is 0 Å². The third kappa shape index (κ3) is 6.84. The van der Waals surface area contributed by atoms with Crippen molar-refractivity contribution in [3.63, 3.8) is 0 Å². The van der Waals surface area contributed by atoms with Gasteiger partial charge in [0.25, 0.3) is 0 Å². The third-order valence-corrected chi connectivity index (χ3v) is 2.63. The van der Waals surface area contributed by atoms with Crippen LogP contribution in [0.5, 0.6) is 0 Å². The van der Waals surface area contributed by atoms with Gasteiger partial charge in [-0.05, 0) is 26.3 Å². The summed E-state index contributed by atoms with van der Waals surface area (Å²) in [7, 11) is 3.75. The van der Waals surface area contributed by atoms with Gasteiger partial charge in [0.05, 0.1) is 6.10 Å². The van der Waals surface area contributed by atoms with Crippen molar-refractivity contribution in [2.75, 3.05) is 40.4 Å². The number of ether oxygens (including phenoxy) is 1. The Bertz CT molecular complexity index is 163. The Kier molecular flexibility index (Phi) is 6.17. The standard InChI is InChI=1S/C11H24N2O2/c1-13(6-3-7-15-2)9-11(14)8-12-10-4-5-10/h10-12,14H,3-9H2,1-2H3. The van der Waals surface area contributed by atoms with E-state index in [2.05, 4.69) is 10.2 Å². The zero-order valence-corrected chi connectivity index (χ0v) is 9.91. The first-order valence-corrected chi connectivity index (χ1v) is 5.81. The van der Waals surface area contributed by atoms with Crippen LogP contribution in [-0.4, -0.2) is 62.6 Å². The molecular formula is C11H24N2O2. The Morgan fingerprint density at radius 1 is 1.53 bits per heavy atom. The fraction of sp³-hybridized carbons (Fsp3) is 1.00. The second-order valence-corrected chi connectivity index (χ2v) is 4.44. The number of hydrogen-bond donors (Lipinski definition) is 2. The predicted octanol–water partition coefficient (Wildman–Crippen LogP) is 0.0676. The molecule has 0 aromatic heterocycles. The summed E-state index contributed by atoms with van der Waals surface area (Å²) in [6.45, 7) is 3.23. The minimum absolute atomic E-state index is 0.252. The minimum atomic E-state index is -0.252. The Morgan fingerprint density at radius 3 is 2.87 bits per heavy atom. The van der Waals surface area contributed by atoms with Gasteiger partial charge in [-0.3, -0.25) is 0 Å². The lowest BCUT2D eigenvalue weighted by atomic mass is 10.3. The molecule has 0 spiro atoms. The van der Waals surface area contributed by atoms with Gasteiger partial charge in [0.1, 0.15) is 0 Å². The molecule has 0 amide bonds. The fourth-order valence-electron chi connectivity index (χ4n) is 1.58. The van der Waals surface area contributed by atoms with Crippen LogP contribution in [0.1, 0.15) is 19.3 Å². The first-order chi connectivity index (χ1) is 7.22.